The maximum Gasteiger partial charge on any atom is 0.132 e. The number of anilines is 1. The predicted molar refractivity (Wildman–Crippen MR) is 72.8 cm³/mol. The minimum Gasteiger partial charge on any atom is -0.381 e. The number of hydrogen-bond donors (Lipinski definition) is 1. The van der Waals surface area contributed by atoms with Gasteiger partial charge in [-0.15, -0.1) is 0 Å². The summed E-state index contributed by atoms with van der Waals surface area (Å²) >= 11 is 0. The van der Waals surface area contributed by atoms with E-state index in [4.69, 9.17) is 4.74 Å². The summed E-state index contributed by atoms with van der Waals surface area (Å²) in [4.78, 5) is 8.71. The first-order valence-electron chi connectivity index (χ1n) is 6.93. The van der Waals surface area contributed by atoms with Gasteiger partial charge in [-0.2, -0.15) is 0 Å². The van der Waals surface area contributed by atoms with Crippen LogP contribution in [-0.4, -0.2) is 29.7 Å². The molecule has 0 amide bonds. The maximum absolute atomic E-state index is 5.50. The maximum atomic E-state index is 5.50. The Kier molecular flexibility index (Phi) is 4.93. The second kappa shape index (κ2) is 6.69. The Morgan fingerprint density at radius 2 is 2.39 bits per heavy atom. The highest BCUT2D eigenvalue weighted by atomic mass is 16.5. The van der Waals surface area contributed by atoms with E-state index >= 15 is 0 Å². The van der Waals surface area contributed by atoms with Gasteiger partial charge in [-0.3, -0.25) is 0 Å². The van der Waals surface area contributed by atoms with Crippen LogP contribution < -0.4 is 5.32 Å². The Morgan fingerprint density at radius 3 is 3.11 bits per heavy atom. The highest BCUT2D eigenvalue weighted by Crippen LogP contribution is 2.18. The molecule has 4 heteroatoms. The molecule has 1 fully saturated rings. The minimum absolute atomic E-state index is 0.708. The van der Waals surface area contributed by atoms with Crippen LogP contribution in [0.25, 0.3) is 0 Å². The number of nitrogens with zero attached hydrogens (tertiary/aromatic N) is 2. The van der Waals surface area contributed by atoms with E-state index in [0.29, 0.717) is 5.92 Å². The van der Waals surface area contributed by atoms with Gasteiger partial charge < -0.3 is 10.1 Å². The van der Waals surface area contributed by atoms with Gasteiger partial charge in [0.1, 0.15) is 11.6 Å². The van der Waals surface area contributed by atoms with E-state index in [9.17, 15) is 0 Å². The van der Waals surface area contributed by atoms with Gasteiger partial charge in [-0.1, -0.05) is 6.92 Å². The van der Waals surface area contributed by atoms with Gasteiger partial charge in [0.05, 0.1) is 0 Å². The lowest BCUT2D eigenvalue weighted by atomic mass is 9.99. The first-order chi connectivity index (χ1) is 8.79. The Bertz CT molecular complexity index is 375. The lowest BCUT2D eigenvalue weighted by molar-refractivity contribution is 0.0530. The molecule has 1 aliphatic heterocycles. The van der Waals surface area contributed by atoms with Crippen molar-refractivity contribution in [2.24, 2.45) is 5.92 Å². The van der Waals surface area contributed by atoms with Crippen LogP contribution in [-0.2, 0) is 11.2 Å². The van der Waals surface area contributed by atoms with Crippen molar-refractivity contribution >= 4 is 5.82 Å². The molecular formula is C14H23N3O. The molecule has 1 atom stereocenters. The van der Waals surface area contributed by atoms with Crippen molar-refractivity contribution in [3.63, 3.8) is 0 Å². The number of hydrogen-bond acceptors (Lipinski definition) is 4. The fourth-order valence-electron chi connectivity index (χ4n) is 2.34. The molecule has 0 spiro atoms. The molecule has 4 nitrogen and oxygen atoms in total. The summed E-state index contributed by atoms with van der Waals surface area (Å²) in [6.07, 6.45) is 6.55. The highest BCUT2D eigenvalue weighted by Gasteiger charge is 2.13. The van der Waals surface area contributed by atoms with Crippen LogP contribution >= 0.6 is 0 Å². The largest absolute Gasteiger partial charge is 0.381 e. The molecule has 2 heterocycles. The molecular weight excluding hydrogens is 226 g/mol. The van der Waals surface area contributed by atoms with E-state index in [2.05, 4.69) is 22.2 Å². The Hall–Kier alpha value is -1.16. The summed E-state index contributed by atoms with van der Waals surface area (Å²) in [7, 11) is 0. The number of aromatic nitrogens is 2. The zero-order chi connectivity index (χ0) is 12.8. The van der Waals surface area contributed by atoms with Gasteiger partial charge in [-0.05, 0) is 38.5 Å². The monoisotopic (exact) mass is 249 g/mol. The minimum atomic E-state index is 0.708. The Labute approximate surface area is 109 Å². The van der Waals surface area contributed by atoms with Crippen LogP contribution in [0, 0.1) is 12.8 Å². The van der Waals surface area contributed by atoms with E-state index in [0.717, 1.165) is 44.2 Å². The molecule has 0 saturated carbocycles. The van der Waals surface area contributed by atoms with Crippen molar-refractivity contribution in [2.45, 2.75) is 39.5 Å². The van der Waals surface area contributed by atoms with E-state index in [1.54, 1.807) is 0 Å². The fraction of sp³-hybridized carbons (Fsp3) is 0.714. The molecule has 100 valence electrons. The summed E-state index contributed by atoms with van der Waals surface area (Å²) in [5.74, 6) is 2.54. The van der Waals surface area contributed by atoms with E-state index in [1.165, 1.54) is 18.4 Å². The third-order valence-corrected chi connectivity index (χ3v) is 3.47. The summed E-state index contributed by atoms with van der Waals surface area (Å²) in [5.41, 5.74) is 1.19. The highest BCUT2D eigenvalue weighted by molar-refractivity contribution is 5.42. The third kappa shape index (κ3) is 3.67. The van der Waals surface area contributed by atoms with Gasteiger partial charge in [0.15, 0.2) is 0 Å². The van der Waals surface area contributed by atoms with Gasteiger partial charge >= 0.3 is 0 Å². The number of rotatable bonds is 5. The molecule has 1 aromatic rings. The van der Waals surface area contributed by atoms with Crippen molar-refractivity contribution in [1.82, 2.24) is 9.97 Å². The topological polar surface area (TPSA) is 47.0 Å². The number of nitrogens with one attached hydrogen (secondary N) is 1. The molecule has 1 saturated heterocycles. The van der Waals surface area contributed by atoms with Crippen molar-refractivity contribution in [1.29, 1.82) is 0 Å². The molecule has 2 rings (SSSR count). The van der Waals surface area contributed by atoms with E-state index in [-0.39, 0.29) is 0 Å². The second-order valence-corrected chi connectivity index (χ2v) is 4.94. The summed E-state index contributed by atoms with van der Waals surface area (Å²) < 4.78 is 5.50. The Morgan fingerprint density at radius 1 is 1.50 bits per heavy atom. The van der Waals surface area contributed by atoms with Crippen LogP contribution in [0.1, 0.15) is 37.6 Å². The normalized spacial score (nSPS) is 19.8. The molecule has 18 heavy (non-hydrogen) atoms. The SMILES string of the molecule is CCc1cnc(C)nc1NCCC1CCCOC1. The molecule has 1 aliphatic rings. The molecule has 0 radical (unpaired) electrons. The zero-order valence-corrected chi connectivity index (χ0v) is 11.4. The van der Waals surface area contributed by atoms with Crippen molar-refractivity contribution < 1.29 is 4.74 Å². The standard InChI is InChI=1S/C14H23N3O/c1-3-13-9-16-11(2)17-14(13)15-7-6-12-5-4-8-18-10-12/h9,12H,3-8,10H2,1-2H3,(H,15,16,17). The lowest BCUT2D eigenvalue weighted by Gasteiger charge is -2.22. The molecule has 0 aromatic carbocycles. The van der Waals surface area contributed by atoms with Crippen LogP contribution in [0.4, 0.5) is 5.82 Å². The average molecular weight is 249 g/mol. The summed E-state index contributed by atoms with van der Waals surface area (Å²) in [6.45, 7) is 6.89. The number of aryl methyl sites for hydroxylation is 2. The third-order valence-electron chi connectivity index (χ3n) is 3.47. The van der Waals surface area contributed by atoms with E-state index in [1.807, 2.05) is 13.1 Å². The van der Waals surface area contributed by atoms with Crippen molar-refractivity contribution in [3.05, 3.63) is 17.6 Å². The fourth-order valence-corrected chi connectivity index (χ4v) is 2.34. The lowest BCUT2D eigenvalue weighted by Crippen LogP contribution is -2.20. The van der Waals surface area contributed by atoms with Crippen molar-refractivity contribution in [3.8, 4) is 0 Å². The summed E-state index contributed by atoms with van der Waals surface area (Å²) in [6, 6.07) is 0. The van der Waals surface area contributed by atoms with Crippen LogP contribution in [0.2, 0.25) is 0 Å². The Balaban J connectivity index is 1.83. The molecule has 1 aromatic heterocycles. The first kappa shape index (κ1) is 13.3. The van der Waals surface area contributed by atoms with E-state index < -0.39 is 0 Å². The quantitative estimate of drug-likeness (QED) is 0.871. The molecule has 1 N–H and O–H groups in total. The number of ether oxygens (including phenoxy) is 1. The van der Waals surface area contributed by atoms with Crippen molar-refractivity contribution in [2.75, 3.05) is 25.1 Å². The van der Waals surface area contributed by atoms with Gasteiger partial charge in [-0.25, -0.2) is 9.97 Å². The van der Waals surface area contributed by atoms with Crippen LogP contribution in [0.3, 0.4) is 0 Å². The zero-order valence-electron chi connectivity index (χ0n) is 11.4. The van der Waals surface area contributed by atoms with Gasteiger partial charge in [0.25, 0.3) is 0 Å². The smallest absolute Gasteiger partial charge is 0.132 e. The van der Waals surface area contributed by atoms with Gasteiger partial charge in [0.2, 0.25) is 0 Å². The molecule has 0 aliphatic carbocycles. The van der Waals surface area contributed by atoms with Crippen LogP contribution in [0.5, 0.6) is 0 Å². The second-order valence-electron chi connectivity index (χ2n) is 4.94. The van der Waals surface area contributed by atoms with Crippen LogP contribution in [0.15, 0.2) is 6.20 Å². The molecule has 0 bridgehead atoms. The predicted octanol–water partition coefficient (Wildman–Crippen LogP) is 2.58. The average Bonchev–Trinajstić information content (AvgIpc) is 2.40. The first-order valence-corrected chi connectivity index (χ1v) is 6.93. The molecule has 1 unspecified atom stereocenters. The van der Waals surface area contributed by atoms with Gasteiger partial charge in [0, 0.05) is 31.5 Å². The summed E-state index contributed by atoms with van der Waals surface area (Å²) in [5, 5.41) is 3.45.